The number of hydrogen-bond acceptors (Lipinski definition) is 2. The lowest BCUT2D eigenvalue weighted by atomic mass is 10.2. The van der Waals surface area contributed by atoms with E-state index in [9.17, 15) is 0 Å². The van der Waals surface area contributed by atoms with Gasteiger partial charge in [0.15, 0.2) is 0 Å². The molecule has 0 saturated carbocycles. The van der Waals surface area contributed by atoms with Gasteiger partial charge in [0.2, 0.25) is 0 Å². The van der Waals surface area contributed by atoms with Gasteiger partial charge in [-0.1, -0.05) is 23.7 Å². The molecule has 0 fully saturated rings. The van der Waals surface area contributed by atoms with Crippen LogP contribution in [-0.2, 0) is 6.61 Å². The number of hydrogen-bond donors (Lipinski definition) is 1. The van der Waals surface area contributed by atoms with Gasteiger partial charge in [-0.15, -0.1) is 0 Å². The summed E-state index contributed by atoms with van der Waals surface area (Å²) in [6.07, 6.45) is 1.79. The maximum atomic E-state index is 5.83. The molecule has 0 atom stereocenters. The van der Waals surface area contributed by atoms with Gasteiger partial charge < -0.3 is 4.74 Å². The van der Waals surface area contributed by atoms with Crippen molar-refractivity contribution in [3.05, 3.63) is 59.2 Å². The Morgan fingerprint density at radius 3 is 2.78 bits per heavy atom. The maximum absolute atomic E-state index is 5.83. The van der Waals surface area contributed by atoms with E-state index in [1.54, 1.807) is 6.20 Å². The molecule has 0 saturated heterocycles. The molecule has 2 aromatic carbocycles. The van der Waals surface area contributed by atoms with E-state index in [0.717, 1.165) is 27.2 Å². The van der Waals surface area contributed by atoms with Crippen molar-refractivity contribution in [2.45, 2.75) is 6.61 Å². The van der Waals surface area contributed by atoms with E-state index in [1.165, 1.54) is 0 Å². The molecular weight excluding hydrogens is 248 g/mol. The zero-order valence-electron chi connectivity index (χ0n) is 9.56. The number of aromatic nitrogens is 2. The van der Waals surface area contributed by atoms with E-state index in [0.29, 0.717) is 6.61 Å². The number of H-pyrrole nitrogens is 1. The number of fused-ring (bicyclic) bond motifs is 1. The topological polar surface area (TPSA) is 37.9 Å². The lowest BCUT2D eigenvalue weighted by Gasteiger charge is -2.06. The molecule has 0 amide bonds. The molecule has 1 aromatic heterocycles. The number of nitrogens with one attached hydrogen (secondary N) is 1. The summed E-state index contributed by atoms with van der Waals surface area (Å²) in [6.45, 7) is 0.525. The second-order valence-electron chi connectivity index (χ2n) is 4.03. The molecule has 0 aliphatic carbocycles. The Hall–Kier alpha value is -2.00. The van der Waals surface area contributed by atoms with Gasteiger partial charge in [0.1, 0.15) is 12.4 Å². The molecule has 0 bridgehead atoms. The lowest BCUT2D eigenvalue weighted by molar-refractivity contribution is 0.306. The monoisotopic (exact) mass is 258 g/mol. The number of rotatable bonds is 3. The van der Waals surface area contributed by atoms with Gasteiger partial charge in [-0.3, -0.25) is 5.10 Å². The molecule has 0 aliphatic heterocycles. The summed E-state index contributed by atoms with van der Waals surface area (Å²) in [7, 11) is 0. The molecule has 0 unspecified atom stereocenters. The van der Waals surface area contributed by atoms with Crippen LogP contribution in [0.25, 0.3) is 10.9 Å². The average Bonchev–Trinajstić information content (AvgIpc) is 2.85. The molecule has 3 aromatic rings. The predicted molar refractivity (Wildman–Crippen MR) is 71.9 cm³/mol. The second kappa shape index (κ2) is 4.70. The number of aromatic amines is 1. The molecule has 3 nitrogen and oxygen atoms in total. The van der Waals surface area contributed by atoms with Gasteiger partial charge in [-0.05, 0) is 29.8 Å². The SMILES string of the molecule is Clc1ccc(COc2ccc3cn[nH]c3c2)cc1. The fourth-order valence-electron chi connectivity index (χ4n) is 1.75. The molecule has 1 heterocycles. The van der Waals surface area contributed by atoms with Crippen LogP contribution >= 0.6 is 11.6 Å². The molecule has 0 radical (unpaired) electrons. The van der Waals surface area contributed by atoms with Crippen molar-refractivity contribution in [1.82, 2.24) is 10.2 Å². The van der Waals surface area contributed by atoms with E-state index in [4.69, 9.17) is 16.3 Å². The zero-order chi connectivity index (χ0) is 12.4. The quantitative estimate of drug-likeness (QED) is 0.776. The van der Waals surface area contributed by atoms with E-state index in [2.05, 4.69) is 10.2 Å². The number of nitrogens with zero attached hydrogens (tertiary/aromatic N) is 1. The highest BCUT2D eigenvalue weighted by molar-refractivity contribution is 6.30. The van der Waals surface area contributed by atoms with Crippen molar-refractivity contribution in [2.24, 2.45) is 0 Å². The van der Waals surface area contributed by atoms with Crippen LogP contribution in [0, 0.1) is 0 Å². The van der Waals surface area contributed by atoms with Crippen molar-refractivity contribution in [3.8, 4) is 5.75 Å². The summed E-state index contributed by atoms with van der Waals surface area (Å²) in [6, 6.07) is 13.5. The molecule has 90 valence electrons. The second-order valence-corrected chi connectivity index (χ2v) is 4.47. The average molecular weight is 259 g/mol. The third-order valence-electron chi connectivity index (χ3n) is 2.73. The summed E-state index contributed by atoms with van der Waals surface area (Å²) in [5, 5.41) is 8.70. The van der Waals surface area contributed by atoms with Crippen LogP contribution in [0.1, 0.15) is 5.56 Å². The van der Waals surface area contributed by atoms with Crippen LogP contribution < -0.4 is 4.74 Å². The molecule has 1 N–H and O–H groups in total. The first-order valence-corrected chi connectivity index (χ1v) is 5.99. The minimum atomic E-state index is 0.525. The van der Waals surface area contributed by atoms with Crippen molar-refractivity contribution < 1.29 is 4.74 Å². The Morgan fingerprint density at radius 2 is 1.94 bits per heavy atom. The summed E-state index contributed by atoms with van der Waals surface area (Å²) in [5.74, 6) is 0.821. The third kappa shape index (κ3) is 2.31. The van der Waals surface area contributed by atoms with Gasteiger partial charge in [-0.25, -0.2) is 0 Å². The van der Waals surface area contributed by atoms with Gasteiger partial charge in [0.25, 0.3) is 0 Å². The fraction of sp³-hybridized carbons (Fsp3) is 0.0714. The van der Waals surface area contributed by atoms with E-state index < -0.39 is 0 Å². The first-order chi connectivity index (χ1) is 8.81. The Balaban J connectivity index is 1.74. The van der Waals surface area contributed by atoms with Crippen molar-refractivity contribution in [1.29, 1.82) is 0 Å². The number of benzene rings is 2. The fourth-order valence-corrected chi connectivity index (χ4v) is 1.88. The molecule has 18 heavy (non-hydrogen) atoms. The smallest absolute Gasteiger partial charge is 0.121 e. The van der Waals surface area contributed by atoms with Crippen LogP contribution in [0.15, 0.2) is 48.7 Å². The van der Waals surface area contributed by atoms with Crippen LogP contribution in [0.4, 0.5) is 0 Å². The van der Waals surface area contributed by atoms with Gasteiger partial charge >= 0.3 is 0 Å². The van der Waals surface area contributed by atoms with Gasteiger partial charge in [0.05, 0.1) is 11.7 Å². The summed E-state index contributed by atoms with van der Waals surface area (Å²) in [4.78, 5) is 0. The van der Waals surface area contributed by atoms with Gasteiger partial charge in [-0.2, -0.15) is 5.10 Å². The van der Waals surface area contributed by atoms with Crippen molar-refractivity contribution in [3.63, 3.8) is 0 Å². The van der Waals surface area contributed by atoms with E-state index in [1.807, 2.05) is 42.5 Å². The first kappa shape index (κ1) is 11.1. The minimum absolute atomic E-state index is 0.525. The number of halogens is 1. The Labute approximate surface area is 109 Å². The first-order valence-electron chi connectivity index (χ1n) is 5.62. The molecule has 3 rings (SSSR count). The normalized spacial score (nSPS) is 10.7. The highest BCUT2D eigenvalue weighted by Gasteiger charge is 2.00. The van der Waals surface area contributed by atoms with Crippen LogP contribution in [0.5, 0.6) is 5.75 Å². The Bertz CT molecular complexity index is 661. The van der Waals surface area contributed by atoms with E-state index >= 15 is 0 Å². The van der Waals surface area contributed by atoms with Crippen molar-refractivity contribution in [2.75, 3.05) is 0 Å². The van der Waals surface area contributed by atoms with Crippen molar-refractivity contribution >= 4 is 22.5 Å². The summed E-state index contributed by atoms with van der Waals surface area (Å²) in [5.41, 5.74) is 2.06. The summed E-state index contributed by atoms with van der Waals surface area (Å²) < 4.78 is 5.72. The Morgan fingerprint density at radius 1 is 1.11 bits per heavy atom. The minimum Gasteiger partial charge on any atom is -0.489 e. The largest absolute Gasteiger partial charge is 0.489 e. The van der Waals surface area contributed by atoms with Crippen LogP contribution in [0.3, 0.4) is 0 Å². The number of ether oxygens (including phenoxy) is 1. The zero-order valence-corrected chi connectivity index (χ0v) is 10.3. The third-order valence-corrected chi connectivity index (χ3v) is 2.98. The highest BCUT2D eigenvalue weighted by Crippen LogP contribution is 2.20. The lowest BCUT2D eigenvalue weighted by Crippen LogP contribution is -1.94. The van der Waals surface area contributed by atoms with Crippen LogP contribution in [-0.4, -0.2) is 10.2 Å². The van der Waals surface area contributed by atoms with Gasteiger partial charge in [0, 0.05) is 16.5 Å². The Kier molecular flexibility index (Phi) is 2.90. The molecule has 0 aliphatic rings. The predicted octanol–water partition coefficient (Wildman–Crippen LogP) is 3.80. The molecule has 4 heteroatoms. The molecular formula is C14H11ClN2O. The standard InChI is InChI=1S/C14H11ClN2O/c15-12-4-1-10(2-5-12)9-18-13-6-3-11-8-16-17-14(11)7-13/h1-8H,9H2,(H,16,17). The molecule has 0 spiro atoms. The summed E-state index contributed by atoms with van der Waals surface area (Å²) >= 11 is 5.83. The maximum Gasteiger partial charge on any atom is 0.121 e. The highest BCUT2D eigenvalue weighted by atomic mass is 35.5. The van der Waals surface area contributed by atoms with Crippen LogP contribution in [0.2, 0.25) is 5.02 Å². The van der Waals surface area contributed by atoms with E-state index in [-0.39, 0.29) is 0 Å².